The quantitative estimate of drug-likeness (QED) is 0.603. The van der Waals surface area contributed by atoms with Gasteiger partial charge in [-0.05, 0) is 57.7 Å². The van der Waals surface area contributed by atoms with Gasteiger partial charge in [0.15, 0.2) is 5.75 Å². The van der Waals surface area contributed by atoms with Crippen molar-refractivity contribution >= 4 is 17.5 Å². The maximum atomic E-state index is 13.6. The lowest BCUT2D eigenvalue weighted by Gasteiger charge is -2.38. The van der Waals surface area contributed by atoms with Gasteiger partial charge in [-0.25, -0.2) is 0 Å². The van der Waals surface area contributed by atoms with Crippen LogP contribution in [-0.4, -0.2) is 85.4 Å². The lowest BCUT2D eigenvalue weighted by atomic mass is 9.98. The number of para-hydroxylation sites is 1. The summed E-state index contributed by atoms with van der Waals surface area (Å²) in [5, 5.41) is 12.9. The van der Waals surface area contributed by atoms with Gasteiger partial charge in [0.1, 0.15) is 6.10 Å². The van der Waals surface area contributed by atoms with E-state index in [0.717, 1.165) is 19.0 Å². The third kappa shape index (κ3) is 5.90. The molecule has 0 aromatic heterocycles. The van der Waals surface area contributed by atoms with E-state index in [-0.39, 0.29) is 42.4 Å². The van der Waals surface area contributed by atoms with Gasteiger partial charge in [0.25, 0.3) is 5.91 Å². The summed E-state index contributed by atoms with van der Waals surface area (Å²) in [5.74, 6) is 0.884. The predicted molar refractivity (Wildman–Crippen MR) is 130 cm³/mol. The minimum Gasteiger partial charge on any atom is -0.486 e. The number of ether oxygens (including phenoxy) is 2. The van der Waals surface area contributed by atoms with E-state index in [1.165, 1.54) is 12.8 Å². The number of amides is 2. The molecule has 2 aliphatic heterocycles. The van der Waals surface area contributed by atoms with Crippen LogP contribution in [0.25, 0.3) is 0 Å². The number of nitrogens with one attached hydrogen (secondary N) is 1. The van der Waals surface area contributed by atoms with Gasteiger partial charge in [-0.3, -0.25) is 9.59 Å². The molecule has 1 aliphatic carbocycles. The molecule has 0 unspecified atom stereocenters. The standard InChI is InChI=1S/C26H39N3O5/c1-17-13-29(18(2)16-30)26(32)21-5-4-6-22(27-25(31)20-9-11-33-12-10-20)24(21)34-23(17)15-28(3)14-19-7-8-19/h4-6,17-20,23,30H,7-16H2,1-3H3,(H,27,31)/t17-,18+,23-/m0/s1. The van der Waals surface area contributed by atoms with E-state index in [0.29, 0.717) is 49.6 Å². The van der Waals surface area contributed by atoms with Crippen LogP contribution < -0.4 is 10.1 Å². The molecule has 3 atom stereocenters. The SMILES string of the molecule is C[C@H](CO)N1C[C@H](C)[C@H](CN(C)CC2CC2)Oc2c(NC(=O)C3CCOCC3)cccc2C1=O. The van der Waals surface area contributed by atoms with E-state index in [4.69, 9.17) is 9.47 Å². The second-order valence-electron chi connectivity index (χ2n) is 10.3. The highest BCUT2D eigenvalue weighted by Gasteiger charge is 2.35. The fourth-order valence-corrected chi connectivity index (χ4v) is 4.88. The molecule has 3 aliphatic rings. The molecule has 2 N–H and O–H groups in total. The Morgan fingerprint density at radius 2 is 1.97 bits per heavy atom. The lowest BCUT2D eigenvalue weighted by molar-refractivity contribution is -0.122. The smallest absolute Gasteiger partial charge is 0.258 e. The Morgan fingerprint density at radius 3 is 2.65 bits per heavy atom. The molecule has 8 heteroatoms. The number of aliphatic hydroxyl groups excluding tert-OH is 1. The second-order valence-corrected chi connectivity index (χ2v) is 10.3. The second kappa shape index (κ2) is 11.1. The van der Waals surface area contributed by atoms with Crippen LogP contribution in [-0.2, 0) is 9.53 Å². The number of fused-ring (bicyclic) bond motifs is 1. The molecule has 188 valence electrons. The number of likely N-dealkylation sites (N-methyl/N-ethyl adjacent to an activating group) is 1. The summed E-state index contributed by atoms with van der Waals surface area (Å²) >= 11 is 0. The number of rotatable bonds is 8. The summed E-state index contributed by atoms with van der Waals surface area (Å²) in [6.45, 7) is 7.28. The Kier molecular flexibility index (Phi) is 8.11. The monoisotopic (exact) mass is 473 g/mol. The average Bonchev–Trinajstić information content (AvgIpc) is 3.65. The Hall–Kier alpha value is -2.16. The van der Waals surface area contributed by atoms with Gasteiger partial charge in [0.05, 0.1) is 23.9 Å². The van der Waals surface area contributed by atoms with E-state index < -0.39 is 0 Å². The van der Waals surface area contributed by atoms with E-state index in [1.807, 2.05) is 6.92 Å². The normalized spacial score (nSPS) is 24.7. The molecule has 2 amide bonds. The van der Waals surface area contributed by atoms with Crippen molar-refractivity contribution in [2.75, 3.05) is 51.8 Å². The van der Waals surface area contributed by atoms with Crippen molar-refractivity contribution in [3.05, 3.63) is 23.8 Å². The average molecular weight is 474 g/mol. The highest BCUT2D eigenvalue weighted by Crippen LogP contribution is 2.36. The summed E-state index contributed by atoms with van der Waals surface area (Å²) in [5.41, 5.74) is 0.953. The molecule has 1 aromatic rings. The summed E-state index contributed by atoms with van der Waals surface area (Å²) in [7, 11) is 2.12. The van der Waals surface area contributed by atoms with Gasteiger partial charge >= 0.3 is 0 Å². The third-order valence-electron chi connectivity index (χ3n) is 7.30. The maximum absolute atomic E-state index is 13.6. The van der Waals surface area contributed by atoms with Crippen molar-refractivity contribution in [2.45, 2.75) is 51.7 Å². The van der Waals surface area contributed by atoms with E-state index >= 15 is 0 Å². The number of hydrogen-bond donors (Lipinski definition) is 2. The molecular weight excluding hydrogens is 434 g/mol. The van der Waals surface area contributed by atoms with Gasteiger partial charge < -0.3 is 29.7 Å². The Morgan fingerprint density at radius 1 is 1.24 bits per heavy atom. The molecule has 4 rings (SSSR count). The van der Waals surface area contributed by atoms with Crippen LogP contribution in [0, 0.1) is 17.8 Å². The van der Waals surface area contributed by atoms with Crippen LogP contribution >= 0.6 is 0 Å². The minimum atomic E-state index is -0.314. The molecular formula is C26H39N3O5. The third-order valence-corrected chi connectivity index (χ3v) is 7.30. The van der Waals surface area contributed by atoms with Crippen LogP contribution in [0.2, 0.25) is 0 Å². The minimum absolute atomic E-state index is 0.0482. The zero-order valence-electron chi connectivity index (χ0n) is 20.7. The van der Waals surface area contributed by atoms with Gasteiger partial charge in [0.2, 0.25) is 5.91 Å². The van der Waals surface area contributed by atoms with E-state index in [2.05, 4.69) is 24.2 Å². The van der Waals surface area contributed by atoms with Crippen molar-refractivity contribution in [1.82, 2.24) is 9.80 Å². The fourth-order valence-electron chi connectivity index (χ4n) is 4.88. The summed E-state index contributed by atoms with van der Waals surface area (Å²) in [4.78, 5) is 30.6. The predicted octanol–water partition coefficient (Wildman–Crippen LogP) is 2.61. The largest absolute Gasteiger partial charge is 0.486 e. The number of benzene rings is 1. The van der Waals surface area contributed by atoms with Gasteiger partial charge in [-0.2, -0.15) is 0 Å². The molecule has 0 spiro atoms. The van der Waals surface area contributed by atoms with Crippen molar-refractivity contribution < 1.29 is 24.2 Å². The Labute approximate surface area is 202 Å². The van der Waals surface area contributed by atoms with E-state index in [9.17, 15) is 14.7 Å². The highest BCUT2D eigenvalue weighted by atomic mass is 16.5. The van der Waals surface area contributed by atoms with Crippen LogP contribution in [0.3, 0.4) is 0 Å². The van der Waals surface area contributed by atoms with Crippen LogP contribution in [0.1, 0.15) is 49.9 Å². The summed E-state index contributed by atoms with van der Waals surface area (Å²) in [6, 6.07) is 5.02. The molecule has 1 saturated heterocycles. The fraction of sp³-hybridized carbons (Fsp3) is 0.692. The van der Waals surface area contributed by atoms with Crippen molar-refractivity contribution in [3.63, 3.8) is 0 Å². The number of anilines is 1. The van der Waals surface area contributed by atoms with Gasteiger partial charge in [-0.1, -0.05) is 13.0 Å². The molecule has 0 bridgehead atoms. The Balaban J connectivity index is 1.64. The topological polar surface area (TPSA) is 91.3 Å². The van der Waals surface area contributed by atoms with Crippen molar-refractivity contribution in [3.8, 4) is 5.75 Å². The number of aliphatic hydroxyl groups is 1. The zero-order chi connectivity index (χ0) is 24.2. The van der Waals surface area contributed by atoms with Crippen molar-refractivity contribution in [2.24, 2.45) is 17.8 Å². The number of hydrogen-bond acceptors (Lipinski definition) is 6. The first-order valence-electron chi connectivity index (χ1n) is 12.7. The maximum Gasteiger partial charge on any atom is 0.258 e. The molecule has 2 fully saturated rings. The summed E-state index contributed by atoms with van der Waals surface area (Å²) in [6.07, 6.45) is 3.78. The number of carbonyl (C=O) groups is 2. The molecule has 34 heavy (non-hydrogen) atoms. The molecule has 0 radical (unpaired) electrons. The Bertz CT molecular complexity index is 868. The van der Waals surface area contributed by atoms with Gasteiger partial charge in [0, 0.05) is 44.7 Å². The first-order valence-corrected chi connectivity index (χ1v) is 12.7. The summed E-state index contributed by atoms with van der Waals surface area (Å²) < 4.78 is 12.0. The molecule has 2 heterocycles. The molecule has 1 saturated carbocycles. The number of nitrogens with zero attached hydrogens (tertiary/aromatic N) is 2. The van der Waals surface area contributed by atoms with Crippen LogP contribution in [0.15, 0.2) is 18.2 Å². The molecule has 8 nitrogen and oxygen atoms in total. The first kappa shape index (κ1) is 24.9. The van der Waals surface area contributed by atoms with E-state index in [1.54, 1.807) is 23.1 Å². The number of carbonyl (C=O) groups excluding carboxylic acids is 2. The van der Waals surface area contributed by atoms with Gasteiger partial charge in [-0.15, -0.1) is 0 Å². The molecule has 1 aromatic carbocycles. The van der Waals surface area contributed by atoms with Crippen LogP contribution in [0.4, 0.5) is 5.69 Å². The first-order chi connectivity index (χ1) is 16.4. The van der Waals surface area contributed by atoms with Crippen molar-refractivity contribution in [1.29, 1.82) is 0 Å². The zero-order valence-corrected chi connectivity index (χ0v) is 20.7. The highest BCUT2D eigenvalue weighted by molar-refractivity contribution is 6.02. The van der Waals surface area contributed by atoms with Crippen LogP contribution in [0.5, 0.6) is 5.75 Å². The lowest BCUT2D eigenvalue weighted by Crippen LogP contribution is -2.50.